The van der Waals surface area contributed by atoms with Crippen LogP contribution >= 0.6 is 0 Å². The molecule has 0 radical (unpaired) electrons. The predicted octanol–water partition coefficient (Wildman–Crippen LogP) is 4.45. The average Bonchev–Trinajstić information content (AvgIpc) is 2.66. The molecular formula is C20H22N2O4. The molecule has 0 aliphatic heterocycles. The van der Waals surface area contributed by atoms with E-state index in [4.69, 9.17) is 4.74 Å². The number of ether oxygens (including phenoxy) is 1. The first-order valence-electron chi connectivity index (χ1n) is 8.52. The molecule has 0 aliphatic rings. The van der Waals surface area contributed by atoms with E-state index in [1.807, 2.05) is 44.2 Å². The van der Waals surface area contributed by atoms with E-state index in [0.717, 1.165) is 12.1 Å². The summed E-state index contributed by atoms with van der Waals surface area (Å²) in [6, 6.07) is 14.0. The number of hydrogen-bond donors (Lipinski definition) is 0. The van der Waals surface area contributed by atoms with Crippen LogP contribution in [-0.2, 0) is 4.79 Å². The molecule has 0 saturated heterocycles. The van der Waals surface area contributed by atoms with Gasteiger partial charge in [0.25, 0.3) is 5.91 Å². The number of nitro benzene ring substituents is 1. The van der Waals surface area contributed by atoms with Crippen molar-refractivity contribution in [1.29, 1.82) is 0 Å². The largest absolute Gasteiger partial charge is 0.487 e. The second kappa shape index (κ2) is 9.36. The van der Waals surface area contributed by atoms with Crippen LogP contribution in [0.1, 0.15) is 25.8 Å². The van der Waals surface area contributed by atoms with Crippen molar-refractivity contribution in [3.05, 3.63) is 70.3 Å². The first-order chi connectivity index (χ1) is 12.6. The van der Waals surface area contributed by atoms with Gasteiger partial charge in [0.05, 0.1) is 11.5 Å². The van der Waals surface area contributed by atoms with Crippen LogP contribution in [0.2, 0.25) is 0 Å². The number of nitro groups is 1. The van der Waals surface area contributed by atoms with Gasteiger partial charge in [-0.05, 0) is 43.2 Å². The standard InChI is InChI=1S/C20H22N2O4/c1-3-14-26-19-12-10-16(15-18(19)22(24)25)11-13-20(23)21(4-2)17-8-6-5-7-9-17/h5-13,15H,3-4,14H2,1-2H3/b13-11+. The van der Waals surface area contributed by atoms with Crippen molar-refractivity contribution in [2.24, 2.45) is 0 Å². The van der Waals surface area contributed by atoms with E-state index in [2.05, 4.69) is 0 Å². The van der Waals surface area contributed by atoms with Crippen molar-refractivity contribution < 1.29 is 14.5 Å². The molecule has 6 heteroatoms. The molecule has 2 aromatic carbocycles. The Balaban J connectivity index is 2.19. The van der Waals surface area contributed by atoms with Gasteiger partial charge in [0.1, 0.15) is 0 Å². The highest BCUT2D eigenvalue weighted by molar-refractivity contribution is 6.03. The lowest BCUT2D eigenvalue weighted by molar-refractivity contribution is -0.385. The number of nitrogens with zero attached hydrogens (tertiary/aromatic N) is 2. The maximum absolute atomic E-state index is 12.5. The number of rotatable bonds is 8. The van der Waals surface area contributed by atoms with Gasteiger partial charge in [0.2, 0.25) is 0 Å². The minimum atomic E-state index is -0.480. The van der Waals surface area contributed by atoms with Gasteiger partial charge < -0.3 is 9.64 Å². The Hall–Kier alpha value is -3.15. The predicted molar refractivity (Wildman–Crippen MR) is 102 cm³/mol. The van der Waals surface area contributed by atoms with E-state index in [1.54, 1.807) is 23.1 Å². The quantitative estimate of drug-likeness (QED) is 0.399. The fraction of sp³-hybridized carbons (Fsp3) is 0.250. The summed E-state index contributed by atoms with van der Waals surface area (Å²) in [4.78, 5) is 24.8. The fourth-order valence-electron chi connectivity index (χ4n) is 2.45. The molecule has 0 fully saturated rings. The molecule has 0 aliphatic carbocycles. The monoisotopic (exact) mass is 354 g/mol. The van der Waals surface area contributed by atoms with Crippen LogP contribution in [-0.4, -0.2) is 24.0 Å². The Morgan fingerprint density at radius 3 is 2.54 bits per heavy atom. The number of para-hydroxylation sites is 1. The van der Waals surface area contributed by atoms with Gasteiger partial charge in [-0.25, -0.2) is 0 Å². The molecule has 2 rings (SSSR count). The van der Waals surface area contributed by atoms with Crippen molar-refractivity contribution in [2.75, 3.05) is 18.1 Å². The van der Waals surface area contributed by atoms with Crippen molar-refractivity contribution in [2.45, 2.75) is 20.3 Å². The summed E-state index contributed by atoms with van der Waals surface area (Å²) < 4.78 is 5.40. The topological polar surface area (TPSA) is 72.7 Å². The Bertz CT molecular complexity index is 788. The van der Waals surface area contributed by atoms with Crippen LogP contribution in [0.25, 0.3) is 6.08 Å². The molecule has 0 aromatic heterocycles. The minimum absolute atomic E-state index is 0.108. The average molecular weight is 354 g/mol. The highest BCUT2D eigenvalue weighted by atomic mass is 16.6. The molecule has 136 valence electrons. The van der Waals surface area contributed by atoms with Crippen LogP contribution in [0, 0.1) is 10.1 Å². The number of benzene rings is 2. The van der Waals surface area contributed by atoms with Crippen LogP contribution in [0.5, 0.6) is 5.75 Å². The highest BCUT2D eigenvalue weighted by Gasteiger charge is 2.16. The van der Waals surface area contributed by atoms with Gasteiger partial charge in [-0.3, -0.25) is 14.9 Å². The lowest BCUT2D eigenvalue weighted by Gasteiger charge is -2.19. The van der Waals surface area contributed by atoms with Crippen LogP contribution in [0.15, 0.2) is 54.6 Å². The van der Waals surface area contributed by atoms with Gasteiger partial charge in [0, 0.05) is 24.4 Å². The van der Waals surface area contributed by atoms with E-state index in [0.29, 0.717) is 18.7 Å². The van der Waals surface area contributed by atoms with Gasteiger partial charge in [-0.2, -0.15) is 0 Å². The van der Waals surface area contributed by atoms with Gasteiger partial charge >= 0.3 is 5.69 Å². The molecule has 2 aromatic rings. The summed E-state index contributed by atoms with van der Waals surface area (Å²) in [6.45, 7) is 4.76. The molecule has 0 heterocycles. The van der Waals surface area contributed by atoms with E-state index < -0.39 is 4.92 Å². The SMILES string of the molecule is CCCOc1ccc(/C=C/C(=O)N(CC)c2ccccc2)cc1[N+](=O)[O-]. The Morgan fingerprint density at radius 2 is 1.92 bits per heavy atom. The molecular weight excluding hydrogens is 332 g/mol. The van der Waals surface area contributed by atoms with Gasteiger partial charge in [0.15, 0.2) is 5.75 Å². The first-order valence-corrected chi connectivity index (χ1v) is 8.52. The van der Waals surface area contributed by atoms with Gasteiger partial charge in [-0.15, -0.1) is 0 Å². The lowest BCUT2D eigenvalue weighted by atomic mass is 10.1. The first kappa shape index (κ1) is 19.2. The molecule has 6 nitrogen and oxygen atoms in total. The molecule has 0 atom stereocenters. The van der Waals surface area contributed by atoms with Crippen molar-refractivity contribution in [1.82, 2.24) is 0 Å². The molecule has 0 N–H and O–H groups in total. The van der Waals surface area contributed by atoms with Crippen molar-refractivity contribution in [3.8, 4) is 5.75 Å². The second-order valence-electron chi connectivity index (χ2n) is 5.58. The number of carbonyl (C=O) groups is 1. The second-order valence-corrected chi connectivity index (χ2v) is 5.58. The molecule has 1 amide bonds. The normalized spacial score (nSPS) is 10.7. The smallest absolute Gasteiger partial charge is 0.311 e. The summed E-state index contributed by atoms with van der Waals surface area (Å²) in [5.74, 6) is 0.0486. The summed E-state index contributed by atoms with van der Waals surface area (Å²) in [5.41, 5.74) is 1.26. The van der Waals surface area contributed by atoms with E-state index in [1.165, 1.54) is 12.1 Å². The number of anilines is 1. The molecule has 26 heavy (non-hydrogen) atoms. The zero-order valence-electron chi connectivity index (χ0n) is 14.9. The number of likely N-dealkylation sites (N-methyl/N-ethyl adjacent to an activating group) is 1. The third-order valence-corrected chi connectivity index (χ3v) is 3.71. The summed E-state index contributed by atoms with van der Waals surface area (Å²) >= 11 is 0. The fourth-order valence-corrected chi connectivity index (χ4v) is 2.45. The van der Waals surface area contributed by atoms with Crippen LogP contribution < -0.4 is 9.64 Å². The molecule has 0 spiro atoms. The van der Waals surface area contributed by atoms with Crippen LogP contribution in [0.4, 0.5) is 11.4 Å². The van der Waals surface area contributed by atoms with E-state index in [9.17, 15) is 14.9 Å². The van der Waals surface area contributed by atoms with Crippen LogP contribution in [0.3, 0.4) is 0 Å². The van der Waals surface area contributed by atoms with Crippen molar-refractivity contribution >= 4 is 23.4 Å². The third kappa shape index (κ3) is 4.92. The maximum atomic E-state index is 12.5. The minimum Gasteiger partial charge on any atom is -0.487 e. The Morgan fingerprint density at radius 1 is 1.19 bits per heavy atom. The summed E-state index contributed by atoms with van der Waals surface area (Å²) in [5, 5.41) is 11.2. The lowest BCUT2D eigenvalue weighted by Crippen LogP contribution is -2.28. The van der Waals surface area contributed by atoms with E-state index >= 15 is 0 Å². The molecule has 0 unspecified atom stereocenters. The molecule has 0 bridgehead atoms. The zero-order chi connectivity index (χ0) is 18.9. The number of amides is 1. The molecule has 0 saturated carbocycles. The third-order valence-electron chi connectivity index (χ3n) is 3.71. The Labute approximate surface area is 152 Å². The number of carbonyl (C=O) groups excluding carboxylic acids is 1. The van der Waals surface area contributed by atoms with E-state index in [-0.39, 0.29) is 17.3 Å². The van der Waals surface area contributed by atoms with Gasteiger partial charge in [-0.1, -0.05) is 31.2 Å². The van der Waals surface area contributed by atoms with Crippen molar-refractivity contribution in [3.63, 3.8) is 0 Å². The zero-order valence-corrected chi connectivity index (χ0v) is 14.9. The summed E-state index contributed by atoms with van der Waals surface area (Å²) in [6.07, 6.45) is 3.76. The Kier molecular flexibility index (Phi) is 6.91. The highest BCUT2D eigenvalue weighted by Crippen LogP contribution is 2.28. The summed E-state index contributed by atoms with van der Waals surface area (Å²) in [7, 11) is 0. The number of hydrogen-bond acceptors (Lipinski definition) is 4. The maximum Gasteiger partial charge on any atom is 0.311 e.